The van der Waals surface area contributed by atoms with Gasteiger partial charge in [0, 0.05) is 27.1 Å². The van der Waals surface area contributed by atoms with Crippen LogP contribution in [0.1, 0.15) is 22.2 Å². The predicted octanol–water partition coefficient (Wildman–Crippen LogP) is 1.10. The molecule has 2 N–H and O–H groups in total. The molecule has 0 aromatic rings. The summed E-state index contributed by atoms with van der Waals surface area (Å²) in [6, 6.07) is 0.495. The van der Waals surface area contributed by atoms with E-state index in [1.54, 1.807) is 0 Å². The molecular formula is C10H29N3. The van der Waals surface area contributed by atoms with Gasteiger partial charge >= 0.3 is 0 Å². The molecule has 0 aromatic heterocycles. The monoisotopic (exact) mass is 191 g/mol. The zero-order chi connectivity index (χ0) is 10.9. The molecule has 0 rings (SSSR count). The number of rotatable bonds is 5. The van der Waals surface area contributed by atoms with Gasteiger partial charge in [-0.25, -0.2) is 0 Å². The molecule has 0 aliphatic rings. The molecule has 84 valence electrons. The predicted molar refractivity (Wildman–Crippen MR) is 63.2 cm³/mol. The van der Waals surface area contributed by atoms with Crippen LogP contribution in [0, 0.1) is 0 Å². The molecule has 1 atom stereocenters. The van der Waals surface area contributed by atoms with E-state index in [1.807, 2.05) is 13.8 Å². The van der Waals surface area contributed by atoms with Crippen LogP contribution in [0.5, 0.6) is 0 Å². The van der Waals surface area contributed by atoms with Crippen LogP contribution in [0.4, 0.5) is 0 Å². The summed E-state index contributed by atoms with van der Waals surface area (Å²) in [6.07, 6.45) is 0. The largest absolute Gasteiger partial charge is 0.329 e. The third-order valence-electron chi connectivity index (χ3n) is 1.99. The number of likely N-dealkylation sites (N-methyl/N-ethyl adjacent to an activating group) is 2. The van der Waals surface area contributed by atoms with Gasteiger partial charge in [-0.05, 0) is 28.1 Å². The number of nitrogens with zero attached hydrogens (tertiary/aromatic N) is 2. The molecular weight excluding hydrogens is 162 g/mol. The van der Waals surface area contributed by atoms with Crippen LogP contribution >= 0.6 is 0 Å². The van der Waals surface area contributed by atoms with Gasteiger partial charge in [0.2, 0.25) is 0 Å². The van der Waals surface area contributed by atoms with Crippen molar-refractivity contribution in [2.45, 2.75) is 26.8 Å². The van der Waals surface area contributed by atoms with E-state index in [0.29, 0.717) is 6.04 Å². The van der Waals surface area contributed by atoms with Crippen LogP contribution < -0.4 is 5.73 Å². The first-order valence-corrected chi connectivity index (χ1v) is 5.13. The van der Waals surface area contributed by atoms with E-state index in [2.05, 4.69) is 37.9 Å². The summed E-state index contributed by atoms with van der Waals surface area (Å²) in [6.45, 7) is 9.08. The second-order valence-corrected chi connectivity index (χ2v) is 3.37. The van der Waals surface area contributed by atoms with Crippen molar-refractivity contribution in [1.82, 2.24) is 9.80 Å². The normalized spacial score (nSPS) is 12.7. The lowest BCUT2D eigenvalue weighted by atomic mass is 10.3. The van der Waals surface area contributed by atoms with Crippen LogP contribution in [0.15, 0.2) is 0 Å². The second kappa shape index (κ2) is 9.96. The lowest BCUT2D eigenvalue weighted by molar-refractivity contribution is 0.233. The van der Waals surface area contributed by atoms with E-state index in [-0.39, 0.29) is 1.43 Å². The topological polar surface area (TPSA) is 32.5 Å². The summed E-state index contributed by atoms with van der Waals surface area (Å²) in [5, 5.41) is 0. The van der Waals surface area contributed by atoms with Gasteiger partial charge in [-0.15, -0.1) is 0 Å². The Morgan fingerprint density at radius 3 is 1.92 bits per heavy atom. The SMILES string of the molecule is CC.CC(CN)N(C)CCN(C)C.[HH]. The summed E-state index contributed by atoms with van der Waals surface area (Å²) in [5.74, 6) is 0. The fourth-order valence-electron chi connectivity index (χ4n) is 0.758. The summed E-state index contributed by atoms with van der Waals surface area (Å²) in [4.78, 5) is 4.46. The Kier molecular flexibility index (Phi) is 11.8. The van der Waals surface area contributed by atoms with Crippen molar-refractivity contribution in [2.75, 3.05) is 40.8 Å². The molecule has 1 unspecified atom stereocenters. The Morgan fingerprint density at radius 2 is 1.62 bits per heavy atom. The first-order valence-electron chi connectivity index (χ1n) is 5.13. The Morgan fingerprint density at radius 1 is 1.15 bits per heavy atom. The standard InChI is InChI=1S/C8H21N3.C2H6.H2/c1-8(7-9)11(4)6-5-10(2)3;1-2;/h8H,5-7,9H2,1-4H3;1-2H3;1H. The zero-order valence-electron chi connectivity index (χ0n) is 10.2. The molecule has 3 heteroatoms. The molecule has 0 bridgehead atoms. The van der Waals surface area contributed by atoms with Crippen molar-refractivity contribution in [3.63, 3.8) is 0 Å². The lowest BCUT2D eigenvalue weighted by Crippen LogP contribution is -2.39. The molecule has 0 saturated heterocycles. The van der Waals surface area contributed by atoms with Crippen molar-refractivity contribution in [3.8, 4) is 0 Å². The lowest BCUT2D eigenvalue weighted by Gasteiger charge is -2.24. The molecule has 0 saturated carbocycles. The Hall–Kier alpha value is -0.120. The fourth-order valence-corrected chi connectivity index (χ4v) is 0.758. The summed E-state index contributed by atoms with van der Waals surface area (Å²) in [7, 11) is 6.28. The van der Waals surface area contributed by atoms with E-state index in [1.165, 1.54) is 0 Å². The molecule has 0 amide bonds. The zero-order valence-corrected chi connectivity index (χ0v) is 10.2. The number of nitrogens with two attached hydrogens (primary N) is 1. The van der Waals surface area contributed by atoms with Gasteiger partial charge in [0.05, 0.1) is 0 Å². The Bertz CT molecular complexity index is 99.4. The highest BCUT2D eigenvalue weighted by atomic mass is 15.2. The van der Waals surface area contributed by atoms with Gasteiger partial charge in [-0.1, -0.05) is 13.8 Å². The highest BCUT2D eigenvalue weighted by molar-refractivity contribution is 4.63. The third kappa shape index (κ3) is 9.80. The molecule has 0 aromatic carbocycles. The van der Waals surface area contributed by atoms with Gasteiger partial charge in [0.15, 0.2) is 0 Å². The van der Waals surface area contributed by atoms with Gasteiger partial charge in [-0.2, -0.15) is 0 Å². The quantitative estimate of drug-likeness (QED) is 0.706. The molecule has 0 aliphatic carbocycles. The minimum absolute atomic E-state index is 0. The van der Waals surface area contributed by atoms with Crippen LogP contribution in [0.2, 0.25) is 0 Å². The molecule has 13 heavy (non-hydrogen) atoms. The van der Waals surface area contributed by atoms with Crippen LogP contribution in [-0.2, 0) is 0 Å². The van der Waals surface area contributed by atoms with Crippen molar-refractivity contribution in [3.05, 3.63) is 0 Å². The molecule has 0 heterocycles. The molecule has 0 fully saturated rings. The average molecular weight is 191 g/mol. The maximum Gasteiger partial charge on any atom is 0.0187 e. The first kappa shape index (κ1) is 15.4. The van der Waals surface area contributed by atoms with Crippen LogP contribution in [0.25, 0.3) is 0 Å². The fraction of sp³-hybridized carbons (Fsp3) is 1.00. The number of hydrogen-bond acceptors (Lipinski definition) is 3. The van der Waals surface area contributed by atoms with Gasteiger partial charge in [0.25, 0.3) is 0 Å². The van der Waals surface area contributed by atoms with Crippen molar-refractivity contribution >= 4 is 0 Å². The van der Waals surface area contributed by atoms with Crippen molar-refractivity contribution in [1.29, 1.82) is 0 Å². The molecule has 0 radical (unpaired) electrons. The Labute approximate surface area is 85.4 Å². The van der Waals surface area contributed by atoms with E-state index in [0.717, 1.165) is 19.6 Å². The average Bonchev–Trinajstić information content (AvgIpc) is 2.16. The van der Waals surface area contributed by atoms with Crippen molar-refractivity contribution in [2.24, 2.45) is 5.73 Å². The van der Waals surface area contributed by atoms with E-state index < -0.39 is 0 Å². The Balaban J connectivity index is -0.000000376. The van der Waals surface area contributed by atoms with Crippen LogP contribution in [0.3, 0.4) is 0 Å². The minimum Gasteiger partial charge on any atom is -0.329 e. The highest BCUT2D eigenvalue weighted by Crippen LogP contribution is 1.91. The summed E-state index contributed by atoms with van der Waals surface area (Å²) in [5.41, 5.74) is 5.52. The maximum absolute atomic E-state index is 5.52. The van der Waals surface area contributed by atoms with Gasteiger partial charge in [-0.3, -0.25) is 0 Å². The van der Waals surface area contributed by atoms with Crippen LogP contribution in [-0.4, -0.2) is 56.6 Å². The summed E-state index contributed by atoms with van der Waals surface area (Å²) < 4.78 is 0. The smallest absolute Gasteiger partial charge is 0.0187 e. The third-order valence-corrected chi connectivity index (χ3v) is 1.99. The van der Waals surface area contributed by atoms with Gasteiger partial charge in [0.1, 0.15) is 0 Å². The maximum atomic E-state index is 5.52. The van der Waals surface area contributed by atoms with E-state index >= 15 is 0 Å². The van der Waals surface area contributed by atoms with Gasteiger partial charge < -0.3 is 15.5 Å². The number of hydrogen-bond donors (Lipinski definition) is 1. The molecule has 0 aliphatic heterocycles. The first-order chi connectivity index (χ1) is 6.07. The van der Waals surface area contributed by atoms with E-state index in [9.17, 15) is 0 Å². The summed E-state index contributed by atoms with van der Waals surface area (Å²) >= 11 is 0. The van der Waals surface area contributed by atoms with E-state index in [4.69, 9.17) is 5.73 Å². The second-order valence-electron chi connectivity index (χ2n) is 3.37. The molecule has 0 spiro atoms. The highest BCUT2D eigenvalue weighted by Gasteiger charge is 2.05. The van der Waals surface area contributed by atoms with Crippen molar-refractivity contribution < 1.29 is 1.43 Å². The minimum atomic E-state index is 0. The molecule has 3 nitrogen and oxygen atoms in total.